The van der Waals surface area contributed by atoms with Gasteiger partial charge in [0.15, 0.2) is 6.29 Å². The SMILES string of the molecule is CCCCCCO[C@@H]1[C@@H](OCCCCCC)[C@@H](OC)O[C@H](CN)[C@H]1OCCCCCC. The van der Waals surface area contributed by atoms with Crippen LogP contribution in [0.5, 0.6) is 0 Å². The molecule has 0 spiro atoms. The smallest absolute Gasteiger partial charge is 0.186 e. The highest BCUT2D eigenvalue weighted by Gasteiger charge is 2.47. The molecule has 1 saturated heterocycles. The predicted molar refractivity (Wildman–Crippen MR) is 126 cm³/mol. The van der Waals surface area contributed by atoms with Crippen molar-refractivity contribution in [3.8, 4) is 0 Å². The quantitative estimate of drug-likeness (QED) is 0.259. The van der Waals surface area contributed by atoms with Crippen molar-refractivity contribution in [2.75, 3.05) is 33.5 Å². The minimum absolute atomic E-state index is 0.230. The van der Waals surface area contributed by atoms with Crippen molar-refractivity contribution in [1.82, 2.24) is 0 Å². The molecule has 6 heteroatoms. The third-order valence-electron chi connectivity index (χ3n) is 5.98. The van der Waals surface area contributed by atoms with Gasteiger partial charge in [-0.2, -0.15) is 0 Å². The summed E-state index contributed by atoms with van der Waals surface area (Å²) in [6.07, 6.45) is 12.5. The van der Waals surface area contributed by atoms with Crippen LogP contribution in [0, 0.1) is 0 Å². The van der Waals surface area contributed by atoms with Crippen LogP contribution in [-0.2, 0) is 23.7 Å². The monoisotopic (exact) mass is 445 g/mol. The average Bonchev–Trinajstić information content (AvgIpc) is 2.79. The Hall–Kier alpha value is -0.240. The fourth-order valence-electron chi connectivity index (χ4n) is 4.07. The molecule has 1 rings (SSSR count). The third-order valence-corrected chi connectivity index (χ3v) is 5.98. The summed E-state index contributed by atoms with van der Waals surface area (Å²) in [6.45, 7) is 9.10. The molecule has 5 atom stereocenters. The van der Waals surface area contributed by atoms with Gasteiger partial charge in [0.2, 0.25) is 0 Å². The van der Waals surface area contributed by atoms with Crippen molar-refractivity contribution in [1.29, 1.82) is 0 Å². The van der Waals surface area contributed by atoms with Gasteiger partial charge in [-0.25, -0.2) is 0 Å². The Morgan fingerprint density at radius 1 is 0.613 bits per heavy atom. The van der Waals surface area contributed by atoms with Gasteiger partial charge >= 0.3 is 0 Å². The Bertz CT molecular complexity index is 370. The first kappa shape index (κ1) is 28.8. The van der Waals surface area contributed by atoms with Crippen molar-refractivity contribution in [2.24, 2.45) is 5.73 Å². The van der Waals surface area contributed by atoms with Crippen LogP contribution in [0.1, 0.15) is 97.8 Å². The molecule has 1 aliphatic heterocycles. The second kappa shape index (κ2) is 19.2. The Labute approximate surface area is 191 Å². The molecule has 31 heavy (non-hydrogen) atoms. The van der Waals surface area contributed by atoms with Crippen molar-refractivity contribution in [3.63, 3.8) is 0 Å². The summed E-state index contributed by atoms with van der Waals surface area (Å²) in [5.74, 6) is 0. The molecule has 1 fully saturated rings. The van der Waals surface area contributed by atoms with Crippen LogP contribution >= 0.6 is 0 Å². The number of hydrogen-bond acceptors (Lipinski definition) is 6. The largest absolute Gasteiger partial charge is 0.373 e. The molecule has 186 valence electrons. The highest BCUT2D eigenvalue weighted by molar-refractivity contribution is 4.93. The second-order valence-corrected chi connectivity index (χ2v) is 8.70. The molecule has 1 heterocycles. The van der Waals surface area contributed by atoms with Gasteiger partial charge in [-0.3, -0.25) is 0 Å². The molecular formula is C25H51NO5. The Kier molecular flexibility index (Phi) is 17.9. The standard InChI is InChI=1S/C25H51NO5/c1-5-8-11-14-17-28-22-21(20-26)31-25(27-4)24(30-19-16-13-10-7-3)23(22)29-18-15-12-9-6-2/h21-25H,5-20,26H2,1-4H3/t21-,22-,23+,24-,25+/m1/s1. The molecule has 2 N–H and O–H groups in total. The van der Waals surface area contributed by atoms with Gasteiger partial charge in [0.05, 0.1) is 0 Å². The van der Waals surface area contributed by atoms with Gasteiger partial charge in [0.1, 0.15) is 24.4 Å². The molecule has 0 aromatic rings. The molecule has 6 nitrogen and oxygen atoms in total. The zero-order valence-corrected chi connectivity index (χ0v) is 20.8. The first-order valence-corrected chi connectivity index (χ1v) is 13.0. The summed E-state index contributed by atoms with van der Waals surface area (Å²) in [6, 6.07) is 0. The Morgan fingerprint density at radius 3 is 1.48 bits per heavy atom. The lowest BCUT2D eigenvalue weighted by Crippen LogP contribution is -2.62. The number of ether oxygens (including phenoxy) is 5. The number of nitrogens with two attached hydrogens (primary N) is 1. The lowest BCUT2D eigenvalue weighted by molar-refractivity contribution is -0.311. The number of rotatable bonds is 20. The maximum Gasteiger partial charge on any atom is 0.186 e. The van der Waals surface area contributed by atoms with E-state index in [9.17, 15) is 0 Å². The minimum atomic E-state index is -0.486. The zero-order chi connectivity index (χ0) is 22.7. The fourth-order valence-corrected chi connectivity index (χ4v) is 4.07. The summed E-state index contributed by atoms with van der Waals surface area (Å²) in [7, 11) is 1.66. The van der Waals surface area contributed by atoms with Gasteiger partial charge in [-0.15, -0.1) is 0 Å². The zero-order valence-electron chi connectivity index (χ0n) is 20.8. The van der Waals surface area contributed by atoms with Gasteiger partial charge in [0.25, 0.3) is 0 Å². The Balaban J connectivity index is 2.79. The molecule has 0 aromatic carbocycles. The molecule has 0 radical (unpaired) electrons. The summed E-state index contributed by atoms with van der Waals surface area (Å²) in [4.78, 5) is 0. The first-order chi connectivity index (χ1) is 15.2. The van der Waals surface area contributed by atoms with Crippen LogP contribution < -0.4 is 5.73 Å². The highest BCUT2D eigenvalue weighted by atomic mass is 16.7. The van der Waals surface area contributed by atoms with E-state index in [4.69, 9.17) is 29.4 Å². The molecule has 0 bridgehead atoms. The van der Waals surface area contributed by atoms with Gasteiger partial charge < -0.3 is 29.4 Å². The van der Waals surface area contributed by atoms with Crippen LogP contribution in [0.4, 0.5) is 0 Å². The van der Waals surface area contributed by atoms with Crippen LogP contribution in [-0.4, -0.2) is 64.2 Å². The van der Waals surface area contributed by atoms with Gasteiger partial charge in [-0.05, 0) is 19.3 Å². The van der Waals surface area contributed by atoms with Crippen molar-refractivity contribution < 1.29 is 23.7 Å². The molecule has 0 unspecified atom stereocenters. The van der Waals surface area contributed by atoms with Crippen LogP contribution in [0.15, 0.2) is 0 Å². The van der Waals surface area contributed by atoms with E-state index in [-0.39, 0.29) is 24.4 Å². The minimum Gasteiger partial charge on any atom is -0.373 e. The van der Waals surface area contributed by atoms with E-state index in [1.807, 2.05) is 0 Å². The second-order valence-electron chi connectivity index (χ2n) is 8.70. The molecule has 0 saturated carbocycles. The fraction of sp³-hybridized carbons (Fsp3) is 1.00. The summed E-state index contributed by atoms with van der Waals surface area (Å²) in [5.41, 5.74) is 6.06. The maximum absolute atomic E-state index is 6.41. The predicted octanol–water partition coefficient (Wildman–Crippen LogP) is 5.21. The molecular weight excluding hydrogens is 394 g/mol. The number of methoxy groups -OCH3 is 1. The van der Waals surface area contributed by atoms with E-state index in [2.05, 4.69) is 20.8 Å². The highest BCUT2D eigenvalue weighted by Crippen LogP contribution is 2.29. The maximum atomic E-state index is 6.41. The van der Waals surface area contributed by atoms with Crippen LogP contribution in [0.25, 0.3) is 0 Å². The van der Waals surface area contributed by atoms with Gasteiger partial charge in [-0.1, -0.05) is 78.6 Å². The average molecular weight is 446 g/mol. The van der Waals surface area contributed by atoms with Crippen molar-refractivity contribution in [3.05, 3.63) is 0 Å². The van der Waals surface area contributed by atoms with E-state index in [1.54, 1.807) is 7.11 Å². The summed E-state index contributed by atoms with van der Waals surface area (Å²) >= 11 is 0. The Morgan fingerprint density at radius 2 is 1.06 bits per heavy atom. The lowest BCUT2D eigenvalue weighted by Gasteiger charge is -2.45. The molecule has 1 aliphatic rings. The van der Waals surface area contributed by atoms with Crippen LogP contribution in [0.3, 0.4) is 0 Å². The van der Waals surface area contributed by atoms with Crippen molar-refractivity contribution in [2.45, 2.75) is 129 Å². The van der Waals surface area contributed by atoms with E-state index >= 15 is 0 Å². The van der Waals surface area contributed by atoms with E-state index < -0.39 is 6.29 Å². The normalized spacial score (nSPS) is 26.4. The van der Waals surface area contributed by atoms with Crippen LogP contribution in [0.2, 0.25) is 0 Å². The number of hydrogen-bond donors (Lipinski definition) is 1. The molecule has 0 amide bonds. The molecule has 0 aromatic heterocycles. The molecule has 0 aliphatic carbocycles. The summed E-state index contributed by atoms with van der Waals surface area (Å²) in [5, 5.41) is 0. The van der Waals surface area contributed by atoms with E-state index in [1.165, 1.54) is 57.8 Å². The van der Waals surface area contributed by atoms with E-state index in [0.717, 1.165) is 19.3 Å². The van der Waals surface area contributed by atoms with Gasteiger partial charge in [0, 0.05) is 33.5 Å². The lowest BCUT2D eigenvalue weighted by atomic mass is 9.97. The first-order valence-electron chi connectivity index (χ1n) is 13.0. The van der Waals surface area contributed by atoms with Crippen molar-refractivity contribution >= 4 is 0 Å². The summed E-state index contributed by atoms with van der Waals surface area (Å²) < 4.78 is 30.9. The third kappa shape index (κ3) is 11.4. The topological polar surface area (TPSA) is 72.2 Å². The van der Waals surface area contributed by atoms with E-state index in [0.29, 0.717) is 26.4 Å². The number of unbranched alkanes of at least 4 members (excludes halogenated alkanes) is 9.